The van der Waals surface area contributed by atoms with E-state index in [1.807, 2.05) is 0 Å². The van der Waals surface area contributed by atoms with E-state index in [1.54, 1.807) is 31.2 Å². The molecule has 3 aliphatic rings. The highest BCUT2D eigenvalue weighted by atomic mass is 16.5. The molecule has 2 fully saturated rings. The minimum absolute atomic E-state index is 0.333. The lowest BCUT2D eigenvalue weighted by Gasteiger charge is -2.26. The van der Waals surface area contributed by atoms with E-state index in [0.29, 0.717) is 11.4 Å². The highest BCUT2D eigenvalue weighted by Gasteiger charge is 2.72. The number of imide groups is 1. The number of rotatable bonds is 3. The van der Waals surface area contributed by atoms with E-state index in [-0.39, 0.29) is 12.5 Å². The van der Waals surface area contributed by atoms with Crippen LogP contribution in [0, 0.1) is 11.8 Å². The van der Waals surface area contributed by atoms with Crippen molar-refractivity contribution in [3.8, 4) is 5.75 Å². The molecule has 4 atom stereocenters. The maximum atomic E-state index is 13.0. The highest BCUT2D eigenvalue weighted by molar-refractivity contribution is 6.23. The minimum atomic E-state index is -1.14. The molecule has 0 radical (unpaired) electrons. The summed E-state index contributed by atoms with van der Waals surface area (Å²) < 4.78 is 10.8. The van der Waals surface area contributed by atoms with Gasteiger partial charge in [-0.25, -0.2) is 4.90 Å². The van der Waals surface area contributed by atoms with Gasteiger partial charge in [-0.3, -0.25) is 14.4 Å². The molecule has 3 aliphatic heterocycles. The number of hydrogen-bond acceptors (Lipinski definition) is 6. The number of ether oxygens (including phenoxy) is 2. The van der Waals surface area contributed by atoms with Crippen LogP contribution in [0.4, 0.5) is 5.69 Å². The first kappa shape index (κ1) is 16.0. The number of anilines is 1. The molecule has 3 heterocycles. The normalized spacial score (nSPS) is 35.4. The molecule has 1 aromatic carbocycles. The van der Waals surface area contributed by atoms with Crippen molar-refractivity contribution < 1.29 is 29.0 Å². The van der Waals surface area contributed by atoms with Gasteiger partial charge in [0.05, 0.1) is 29.7 Å². The highest BCUT2D eigenvalue weighted by Crippen LogP contribution is 2.57. The third-order valence-electron chi connectivity index (χ3n) is 5.16. The van der Waals surface area contributed by atoms with Gasteiger partial charge in [0.2, 0.25) is 11.8 Å². The molecule has 2 bridgehead atoms. The Morgan fingerprint density at radius 3 is 2.44 bits per heavy atom. The van der Waals surface area contributed by atoms with Gasteiger partial charge in [0.15, 0.2) is 0 Å². The molecular weight excluding hydrogens is 326 g/mol. The summed E-state index contributed by atoms with van der Waals surface area (Å²) >= 11 is 0. The summed E-state index contributed by atoms with van der Waals surface area (Å²) in [6, 6.07) is 6.16. The number of aliphatic hydroxyl groups is 1. The van der Waals surface area contributed by atoms with Gasteiger partial charge < -0.3 is 14.6 Å². The van der Waals surface area contributed by atoms with Gasteiger partial charge in [-0.1, -0.05) is 12.2 Å². The molecule has 0 saturated carbocycles. The number of amides is 2. The fourth-order valence-electron chi connectivity index (χ4n) is 4.12. The van der Waals surface area contributed by atoms with Crippen molar-refractivity contribution in [2.24, 2.45) is 11.8 Å². The molecule has 25 heavy (non-hydrogen) atoms. The Kier molecular flexibility index (Phi) is 3.20. The number of carbonyl (C=O) groups excluding carboxylic acids is 3. The molecule has 0 aliphatic carbocycles. The van der Waals surface area contributed by atoms with Crippen LogP contribution < -0.4 is 9.64 Å². The van der Waals surface area contributed by atoms with Gasteiger partial charge >= 0.3 is 5.97 Å². The van der Waals surface area contributed by atoms with E-state index in [4.69, 9.17) is 9.47 Å². The molecule has 1 aromatic rings. The largest absolute Gasteiger partial charge is 0.427 e. The molecule has 130 valence electrons. The van der Waals surface area contributed by atoms with Gasteiger partial charge in [0.25, 0.3) is 0 Å². The van der Waals surface area contributed by atoms with Gasteiger partial charge in [0.1, 0.15) is 11.4 Å². The van der Waals surface area contributed by atoms with Crippen molar-refractivity contribution in [3.05, 3.63) is 36.4 Å². The summed E-state index contributed by atoms with van der Waals surface area (Å²) in [5.74, 6) is -2.26. The van der Waals surface area contributed by atoms with Crippen molar-refractivity contribution in [2.75, 3.05) is 11.5 Å². The maximum absolute atomic E-state index is 13.0. The SMILES string of the molecule is CC(=O)Oc1ccc(N2C(=O)[C@@H]3[C@@H](C2=O)[C@@]2(CO)C=C[C@@]3(C)O2)cc1. The number of aliphatic hydroxyl groups excluding tert-OH is 1. The van der Waals surface area contributed by atoms with Gasteiger partial charge in [0, 0.05) is 6.92 Å². The van der Waals surface area contributed by atoms with Crippen molar-refractivity contribution >= 4 is 23.5 Å². The predicted octanol–water partition coefficient (Wildman–Crippen LogP) is 0.807. The third-order valence-corrected chi connectivity index (χ3v) is 5.16. The fraction of sp³-hybridized carbons (Fsp3) is 0.389. The number of benzene rings is 1. The number of fused-ring (bicyclic) bond motifs is 5. The number of nitrogens with zero attached hydrogens (tertiary/aromatic N) is 1. The molecule has 2 amide bonds. The van der Waals surface area contributed by atoms with Gasteiger partial charge in [-0.05, 0) is 31.2 Å². The molecule has 1 N–H and O–H groups in total. The van der Waals surface area contributed by atoms with Crippen molar-refractivity contribution in [1.29, 1.82) is 0 Å². The zero-order valence-electron chi connectivity index (χ0n) is 13.8. The summed E-state index contributed by atoms with van der Waals surface area (Å²) in [4.78, 5) is 38.0. The van der Waals surface area contributed by atoms with Crippen LogP contribution in [0.1, 0.15) is 13.8 Å². The lowest BCUT2D eigenvalue weighted by atomic mass is 9.73. The van der Waals surface area contributed by atoms with E-state index in [2.05, 4.69) is 0 Å². The average molecular weight is 343 g/mol. The quantitative estimate of drug-likeness (QED) is 0.378. The van der Waals surface area contributed by atoms with E-state index in [1.165, 1.54) is 19.1 Å². The molecule has 0 aromatic heterocycles. The van der Waals surface area contributed by atoms with Crippen molar-refractivity contribution in [1.82, 2.24) is 0 Å². The molecule has 0 unspecified atom stereocenters. The van der Waals surface area contributed by atoms with Crippen LogP contribution in [-0.2, 0) is 19.1 Å². The molecule has 2 saturated heterocycles. The Morgan fingerprint density at radius 2 is 1.84 bits per heavy atom. The first-order valence-corrected chi connectivity index (χ1v) is 7.99. The smallest absolute Gasteiger partial charge is 0.308 e. The fourth-order valence-corrected chi connectivity index (χ4v) is 4.12. The Labute approximate surface area is 143 Å². The zero-order chi connectivity index (χ0) is 18.0. The van der Waals surface area contributed by atoms with Crippen LogP contribution in [0.15, 0.2) is 36.4 Å². The standard InChI is InChI=1S/C18H17NO6/c1-10(21)24-12-5-3-11(4-6-12)19-15(22)13-14(16(19)23)18(9-20)8-7-17(13,2)25-18/h3-8,13-14,20H,9H2,1-2H3/t13-,14-,17+,18-/m0/s1. The molecule has 4 rings (SSSR count). The number of hydrogen-bond donors (Lipinski definition) is 1. The Hall–Kier alpha value is -2.51. The number of esters is 1. The van der Waals surface area contributed by atoms with Crippen molar-refractivity contribution in [3.63, 3.8) is 0 Å². The summed E-state index contributed by atoms with van der Waals surface area (Å²) in [5, 5.41) is 9.78. The molecule has 0 spiro atoms. The lowest BCUT2D eigenvalue weighted by molar-refractivity contribution is -0.133. The second-order valence-electron chi connectivity index (χ2n) is 6.79. The minimum Gasteiger partial charge on any atom is -0.427 e. The van der Waals surface area contributed by atoms with Crippen LogP contribution >= 0.6 is 0 Å². The Bertz CT molecular complexity index is 815. The molecule has 7 heteroatoms. The van der Waals surface area contributed by atoms with E-state index < -0.39 is 34.9 Å². The summed E-state index contributed by atoms with van der Waals surface area (Å²) in [6.45, 7) is 2.68. The molecule has 7 nitrogen and oxygen atoms in total. The van der Waals surface area contributed by atoms with Crippen LogP contribution in [0.2, 0.25) is 0 Å². The second-order valence-corrected chi connectivity index (χ2v) is 6.79. The predicted molar refractivity (Wildman–Crippen MR) is 85.7 cm³/mol. The molecular formula is C18H17NO6. The van der Waals surface area contributed by atoms with Crippen LogP contribution in [0.25, 0.3) is 0 Å². The Balaban J connectivity index is 1.69. The Morgan fingerprint density at radius 1 is 1.20 bits per heavy atom. The third kappa shape index (κ3) is 2.03. The first-order valence-electron chi connectivity index (χ1n) is 7.99. The van der Waals surface area contributed by atoms with Crippen LogP contribution in [0.3, 0.4) is 0 Å². The topological polar surface area (TPSA) is 93.1 Å². The van der Waals surface area contributed by atoms with E-state index in [0.717, 1.165) is 4.90 Å². The first-order chi connectivity index (χ1) is 11.8. The van der Waals surface area contributed by atoms with Crippen molar-refractivity contribution in [2.45, 2.75) is 25.0 Å². The summed E-state index contributed by atoms with van der Waals surface area (Å²) in [7, 11) is 0. The monoisotopic (exact) mass is 343 g/mol. The van der Waals surface area contributed by atoms with E-state index in [9.17, 15) is 19.5 Å². The summed E-state index contributed by atoms with van der Waals surface area (Å²) in [5.41, 5.74) is -1.64. The zero-order valence-corrected chi connectivity index (χ0v) is 13.8. The number of carbonyl (C=O) groups is 3. The maximum Gasteiger partial charge on any atom is 0.308 e. The van der Waals surface area contributed by atoms with Gasteiger partial charge in [-0.2, -0.15) is 0 Å². The summed E-state index contributed by atoms with van der Waals surface area (Å²) in [6.07, 6.45) is 3.44. The van der Waals surface area contributed by atoms with Gasteiger partial charge in [-0.15, -0.1) is 0 Å². The second kappa shape index (κ2) is 5.00. The lowest BCUT2D eigenvalue weighted by Crippen LogP contribution is -2.43. The average Bonchev–Trinajstić information content (AvgIpc) is 3.14. The van der Waals surface area contributed by atoms with Crippen LogP contribution in [0.5, 0.6) is 5.75 Å². The van der Waals surface area contributed by atoms with E-state index >= 15 is 0 Å². The van der Waals surface area contributed by atoms with Crippen LogP contribution in [-0.4, -0.2) is 40.7 Å².